The summed E-state index contributed by atoms with van der Waals surface area (Å²) in [5.74, 6) is -0.226. The lowest BCUT2D eigenvalue weighted by Gasteiger charge is -1.98. The number of anilines is 1. The standard InChI is InChI=1S/C8H14N4O/c1-3-5-6(9)7(12-11-5)8(13)10-4-2/h3-4,9H2,1-2H3,(H,10,13)(H,11,12). The number of carbonyl (C=O) groups is 1. The van der Waals surface area contributed by atoms with Crippen molar-refractivity contribution in [3.63, 3.8) is 0 Å². The molecule has 0 aliphatic carbocycles. The number of nitrogens with one attached hydrogen (secondary N) is 2. The predicted octanol–water partition coefficient (Wildman–Crippen LogP) is 0.304. The lowest BCUT2D eigenvalue weighted by Crippen LogP contribution is -2.23. The normalized spacial score (nSPS) is 10.0. The number of hydrogen-bond acceptors (Lipinski definition) is 3. The molecule has 4 N–H and O–H groups in total. The van der Waals surface area contributed by atoms with Gasteiger partial charge in [0.1, 0.15) is 0 Å². The lowest BCUT2D eigenvalue weighted by molar-refractivity contribution is 0.0951. The van der Waals surface area contributed by atoms with Crippen molar-refractivity contribution in [2.75, 3.05) is 12.3 Å². The van der Waals surface area contributed by atoms with E-state index in [0.29, 0.717) is 17.9 Å². The Hall–Kier alpha value is -1.52. The van der Waals surface area contributed by atoms with Gasteiger partial charge in [-0.2, -0.15) is 5.10 Å². The molecule has 1 aromatic rings. The third-order valence-electron chi connectivity index (χ3n) is 1.79. The van der Waals surface area contributed by atoms with Gasteiger partial charge in [0, 0.05) is 6.54 Å². The molecule has 0 aliphatic rings. The number of aromatic nitrogens is 2. The first-order chi connectivity index (χ1) is 6.20. The molecule has 0 aromatic carbocycles. The summed E-state index contributed by atoms with van der Waals surface area (Å²) in [7, 11) is 0. The number of aryl methyl sites for hydroxylation is 1. The molecular weight excluding hydrogens is 168 g/mol. The number of nitrogen functional groups attached to an aromatic ring is 1. The Morgan fingerprint density at radius 3 is 2.77 bits per heavy atom. The van der Waals surface area contributed by atoms with Crippen LogP contribution >= 0.6 is 0 Å². The summed E-state index contributed by atoms with van der Waals surface area (Å²) < 4.78 is 0. The van der Waals surface area contributed by atoms with Gasteiger partial charge in [0.2, 0.25) is 0 Å². The molecule has 0 saturated carbocycles. The van der Waals surface area contributed by atoms with Crippen molar-refractivity contribution >= 4 is 11.6 Å². The van der Waals surface area contributed by atoms with Crippen molar-refractivity contribution in [1.82, 2.24) is 15.5 Å². The quantitative estimate of drug-likeness (QED) is 0.628. The molecule has 13 heavy (non-hydrogen) atoms. The molecule has 0 unspecified atom stereocenters. The molecule has 72 valence electrons. The first-order valence-electron chi connectivity index (χ1n) is 4.31. The molecule has 0 fully saturated rings. The van der Waals surface area contributed by atoms with Crippen LogP contribution in [0.1, 0.15) is 30.0 Å². The Bertz CT molecular complexity index is 305. The number of nitrogens with zero attached hydrogens (tertiary/aromatic N) is 1. The highest BCUT2D eigenvalue weighted by Crippen LogP contribution is 2.13. The third-order valence-corrected chi connectivity index (χ3v) is 1.79. The van der Waals surface area contributed by atoms with E-state index < -0.39 is 0 Å². The fourth-order valence-corrected chi connectivity index (χ4v) is 1.07. The minimum Gasteiger partial charge on any atom is -0.395 e. The van der Waals surface area contributed by atoms with E-state index in [1.54, 1.807) is 0 Å². The van der Waals surface area contributed by atoms with Crippen LogP contribution in [0, 0.1) is 0 Å². The Labute approximate surface area is 76.7 Å². The molecule has 5 nitrogen and oxygen atoms in total. The SMILES string of the molecule is CCNC(=O)c1n[nH]c(CC)c1N. The summed E-state index contributed by atoms with van der Waals surface area (Å²) in [6.45, 7) is 4.37. The molecule has 0 spiro atoms. The maximum Gasteiger partial charge on any atom is 0.273 e. The molecule has 1 heterocycles. The smallest absolute Gasteiger partial charge is 0.273 e. The van der Waals surface area contributed by atoms with Crippen LogP contribution < -0.4 is 11.1 Å². The van der Waals surface area contributed by atoms with Crippen molar-refractivity contribution in [2.24, 2.45) is 0 Å². The fraction of sp³-hybridized carbons (Fsp3) is 0.500. The van der Waals surface area contributed by atoms with E-state index >= 15 is 0 Å². The third kappa shape index (κ3) is 1.80. The van der Waals surface area contributed by atoms with E-state index in [0.717, 1.165) is 12.1 Å². The Balaban J connectivity index is 2.89. The zero-order valence-electron chi connectivity index (χ0n) is 7.85. The average Bonchev–Trinajstić information content (AvgIpc) is 2.47. The zero-order chi connectivity index (χ0) is 9.84. The van der Waals surface area contributed by atoms with Crippen LogP contribution in [0.15, 0.2) is 0 Å². The molecule has 1 rings (SSSR count). The van der Waals surface area contributed by atoms with Gasteiger partial charge in [-0.05, 0) is 13.3 Å². The van der Waals surface area contributed by atoms with E-state index in [1.807, 2.05) is 13.8 Å². The van der Waals surface area contributed by atoms with E-state index in [-0.39, 0.29) is 5.91 Å². The maximum absolute atomic E-state index is 11.3. The number of hydrogen-bond donors (Lipinski definition) is 3. The Morgan fingerprint density at radius 2 is 2.31 bits per heavy atom. The van der Waals surface area contributed by atoms with Crippen LogP contribution in [0.5, 0.6) is 0 Å². The minimum absolute atomic E-state index is 0.226. The molecule has 0 radical (unpaired) electrons. The van der Waals surface area contributed by atoms with Crippen molar-refractivity contribution in [3.8, 4) is 0 Å². The molecule has 5 heteroatoms. The van der Waals surface area contributed by atoms with Crippen LogP contribution in [0.25, 0.3) is 0 Å². The van der Waals surface area contributed by atoms with Gasteiger partial charge in [0.15, 0.2) is 5.69 Å². The number of amides is 1. The Morgan fingerprint density at radius 1 is 1.62 bits per heavy atom. The zero-order valence-corrected chi connectivity index (χ0v) is 7.85. The summed E-state index contributed by atoms with van der Waals surface area (Å²) >= 11 is 0. The van der Waals surface area contributed by atoms with Crippen molar-refractivity contribution < 1.29 is 4.79 Å². The predicted molar refractivity (Wildman–Crippen MR) is 50.4 cm³/mol. The summed E-state index contributed by atoms with van der Waals surface area (Å²) in [5.41, 5.74) is 7.24. The molecule has 0 atom stereocenters. The maximum atomic E-state index is 11.3. The van der Waals surface area contributed by atoms with Crippen LogP contribution in [-0.2, 0) is 6.42 Å². The van der Waals surface area contributed by atoms with Crippen molar-refractivity contribution in [2.45, 2.75) is 20.3 Å². The van der Waals surface area contributed by atoms with Gasteiger partial charge in [-0.3, -0.25) is 9.89 Å². The first kappa shape index (κ1) is 9.57. The van der Waals surface area contributed by atoms with Gasteiger partial charge >= 0.3 is 0 Å². The highest BCUT2D eigenvalue weighted by Gasteiger charge is 2.14. The summed E-state index contributed by atoms with van der Waals surface area (Å²) in [6.07, 6.45) is 0.748. The van der Waals surface area contributed by atoms with Crippen molar-refractivity contribution in [3.05, 3.63) is 11.4 Å². The fourth-order valence-electron chi connectivity index (χ4n) is 1.07. The number of H-pyrrole nitrogens is 1. The Kier molecular flexibility index (Phi) is 2.89. The van der Waals surface area contributed by atoms with E-state index in [1.165, 1.54) is 0 Å². The first-order valence-corrected chi connectivity index (χ1v) is 4.31. The van der Waals surface area contributed by atoms with Crippen LogP contribution in [0.3, 0.4) is 0 Å². The minimum atomic E-state index is -0.226. The van der Waals surface area contributed by atoms with Gasteiger partial charge in [0.25, 0.3) is 5.91 Å². The number of rotatable bonds is 3. The summed E-state index contributed by atoms with van der Waals surface area (Å²) in [4.78, 5) is 11.3. The highest BCUT2D eigenvalue weighted by atomic mass is 16.1. The van der Waals surface area contributed by atoms with Crippen molar-refractivity contribution in [1.29, 1.82) is 0 Å². The van der Waals surface area contributed by atoms with Gasteiger partial charge < -0.3 is 11.1 Å². The molecule has 0 saturated heterocycles. The van der Waals surface area contributed by atoms with Gasteiger partial charge in [-0.25, -0.2) is 0 Å². The number of aromatic amines is 1. The van der Waals surface area contributed by atoms with E-state index in [4.69, 9.17) is 5.73 Å². The van der Waals surface area contributed by atoms with Gasteiger partial charge in [-0.1, -0.05) is 6.92 Å². The van der Waals surface area contributed by atoms with Gasteiger partial charge in [0.05, 0.1) is 11.4 Å². The van der Waals surface area contributed by atoms with Crippen LogP contribution in [0.4, 0.5) is 5.69 Å². The summed E-state index contributed by atoms with van der Waals surface area (Å²) in [6, 6.07) is 0. The number of nitrogens with two attached hydrogens (primary N) is 1. The largest absolute Gasteiger partial charge is 0.395 e. The molecular formula is C8H14N4O. The monoisotopic (exact) mass is 182 g/mol. The average molecular weight is 182 g/mol. The molecule has 0 aliphatic heterocycles. The highest BCUT2D eigenvalue weighted by molar-refractivity contribution is 5.97. The van der Waals surface area contributed by atoms with Gasteiger partial charge in [-0.15, -0.1) is 0 Å². The molecule has 1 aromatic heterocycles. The number of carbonyl (C=O) groups excluding carboxylic acids is 1. The lowest BCUT2D eigenvalue weighted by atomic mass is 10.2. The van der Waals surface area contributed by atoms with E-state index in [9.17, 15) is 4.79 Å². The molecule has 1 amide bonds. The van der Waals surface area contributed by atoms with Crippen LogP contribution in [-0.4, -0.2) is 22.6 Å². The second-order valence-corrected chi connectivity index (χ2v) is 2.68. The topological polar surface area (TPSA) is 83.8 Å². The van der Waals surface area contributed by atoms with E-state index in [2.05, 4.69) is 15.5 Å². The second kappa shape index (κ2) is 3.93. The second-order valence-electron chi connectivity index (χ2n) is 2.68. The summed E-state index contributed by atoms with van der Waals surface area (Å²) in [5, 5.41) is 9.21. The van der Waals surface area contributed by atoms with Crippen LogP contribution in [0.2, 0.25) is 0 Å². The molecule has 0 bridgehead atoms.